The lowest BCUT2D eigenvalue weighted by atomic mass is 10.0. The highest BCUT2D eigenvalue weighted by Crippen LogP contribution is 2.22. The van der Waals surface area contributed by atoms with Gasteiger partial charge in [-0.1, -0.05) is 66.7 Å². The van der Waals surface area contributed by atoms with Crippen molar-refractivity contribution >= 4 is 22.3 Å². The Balaban J connectivity index is 1.79. The summed E-state index contributed by atoms with van der Waals surface area (Å²) in [6, 6.07) is 24.5. The monoisotopic (exact) mass is 329 g/mol. The molecule has 0 heterocycles. The molecule has 0 saturated carbocycles. The van der Waals surface area contributed by atoms with Gasteiger partial charge in [-0.25, -0.2) is 0 Å². The number of carbonyl (C=O) groups excluding carboxylic acids is 1. The van der Waals surface area contributed by atoms with E-state index in [0.717, 1.165) is 22.3 Å². The Kier molecular flexibility index (Phi) is 4.99. The zero-order chi connectivity index (χ0) is 17.8. The Morgan fingerprint density at radius 2 is 1.48 bits per heavy atom. The van der Waals surface area contributed by atoms with Crippen molar-refractivity contribution in [3.8, 4) is 0 Å². The van der Waals surface area contributed by atoms with E-state index in [1.807, 2.05) is 63.2 Å². The van der Waals surface area contributed by atoms with Crippen LogP contribution in [0.4, 0.5) is 0 Å². The maximum atomic E-state index is 12.6. The SMILES string of the molecule is CC(C(=O)N[C@@H](C)c1ccc2ccccc2c1)=C(C)c1ccccc1. The van der Waals surface area contributed by atoms with Gasteiger partial charge in [-0.15, -0.1) is 0 Å². The third kappa shape index (κ3) is 3.80. The normalized spacial score (nSPS) is 13.2. The molecule has 1 N–H and O–H groups in total. The molecular weight excluding hydrogens is 306 g/mol. The smallest absolute Gasteiger partial charge is 0.247 e. The first-order valence-electron chi connectivity index (χ1n) is 8.58. The van der Waals surface area contributed by atoms with E-state index in [1.54, 1.807) is 0 Å². The number of fused-ring (bicyclic) bond motifs is 1. The van der Waals surface area contributed by atoms with E-state index < -0.39 is 0 Å². The van der Waals surface area contributed by atoms with E-state index in [9.17, 15) is 4.79 Å². The largest absolute Gasteiger partial charge is 0.346 e. The fourth-order valence-electron chi connectivity index (χ4n) is 2.94. The van der Waals surface area contributed by atoms with Gasteiger partial charge in [0.15, 0.2) is 0 Å². The van der Waals surface area contributed by atoms with Crippen LogP contribution in [0.1, 0.15) is 37.9 Å². The molecule has 1 amide bonds. The first kappa shape index (κ1) is 17.0. The number of allylic oxidation sites excluding steroid dienone is 1. The van der Waals surface area contributed by atoms with Gasteiger partial charge < -0.3 is 5.32 Å². The van der Waals surface area contributed by atoms with Crippen LogP contribution in [0, 0.1) is 0 Å². The van der Waals surface area contributed by atoms with Crippen LogP contribution in [0.3, 0.4) is 0 Å². The molecule has 0 radical (unpaired) electrons. The van der Waals surface area contributed by atoms with Crippen LogP contribution in [0.2, 0.25) is 0 Å². The average Bonchev–Trinajstić information content (AvgIpc) is 2.67. The molecule has 0 spiro atoms. The summed E-state index contributed by atoms with van der Waals surface area (Å²) in [6.45, 7) is 5.89. The molecule has 0 aliphatic carbocycles. The second-order valence-electron chi connectivity index (χ2n) is 6.42. The van der Waals surface area contributed by atoms with Crippen molar-refractivity contribution in [2.75, 3.05) is 0 Å². The number of nitrogens with one attached hydrogen (secondary N) is 1. The van der Waals surface area contributed by atoms with Gasteiger partial charge in [0.1, 0.15) is 0 Å². The van der Waals surface area contributed by atoms with E-state index in [0.29, 0.717) is 0 Å². The van der Waals surface area contributed by atoms with Gasteiger partial charge in [0, 0.05) is 5.57 Å². The minimum absolute atomic E-state index is 0.0259. The lowest BCUT2D eigenvalue weighted by Gasteiger charge is -2.16. The van der Waals surface area contributed by atoms with Crippen molar-refractivity contribution in [3.63, 3.8) is 0 Å². The molecule has 1 atom stereocenters. The molecule has 3 aromatic carbocycles. The number of benzene rings is 3. The summed E-state index contributed by atoms with van der Waals surface area (Å²) in [6.07, 6.45) is 0. The Morgan fingerprint density at radius 1 is 0.840 bits per heavy atom. The molecule has 0 aliphatic heterocycles. The average molecular weight is 329 g/mol. The Labute approximate surface area is 149 Å². The molecule has 0 bridgehead atoms. The highest BCUT2D eigenvalue weighted by Gasteiger charge is 2.13. The topological polar surface area (TPSA) is 29.1 Å². The quantitative estimate of drug-likeness (QED) is 0.628. The standard InChI is InChI=1S/C23H23NO/c1-16(19-9-5-4-6-10-19)17(2)23(25)24-18(3)21-14-13-20-11-7-8-12-22(20)15-21/h4-15,18H,1-3H3,(H,24,25)/t18-/m0/s1. The lowest BCUT2D eigenvalue weighted by Crippen LogP contribution is -2.27. The maximum Gasteiger partial charge on any atom is 0.247 e. The minimum Gasteiger partial charge on any atom is -0.346 e. The van der Waals surface area contributed by atoms with Crippen molar-refractivity contribution in [2.24, 2.45) is 0 Å². The van der Waals surface area contributed by atoms with Gasteiger partial charge in [0.05, 0.1) is 6.04 Å². The van der Waals surface area contributed by atoms with Gasteiger partial charge in [-0.2, -0.15) is 0 Å². The number of hydrogen-bond acceptors (Lipinski definition) is 1. The summed E-state index contributed by atoms with van der Waals surface area (Å²) in [7, 11) is 0. The molecule has 0 aliphatic rings. The molecule has 126 valence electrons. The van der Waals surface area contributed by atoms with Crippen molar-refractivity contribution in [1.29, 1.82) is 0 Å². The fourth-order valence-corrected chi connectivity index (χ4v) is 2.94. The van der Waals surface area contributed by atoms with Crippen LogP contribution in [-0.2, 0) is 4.79 Å². The molecule has 2 nitrogen and oxygen atoms in total. The number of rotatable bonds is 4. The Hall–Kier alpha value is -2.87. The summed E-state index contributed by atoms with van der Waals surface area (Å²) < 4.78 is 0. The zero-order valence-corrected chi connectivity index (χ0v) is 14.9. The molecular formula is C23H23NO. The van der Waals surface area contributed by atoms with E-state index in [-0.39, 0.29) is 11.9 Å². The molecule has 25 heavy (non-hydrogen) atoms. The number of amides is 1. The van der Waals surface area contributed by atoms with Crippen LogP contribution in [0.25, 0.3) is 16.3 Å². The number of hydrogen-bond donors (Lipinski definition) is 1. The Bertz CT molecular complexity index is 925. The molecule has 3 rings (SSSR count). The van der Waals surface area contributed by atoms with Crippen molar-refractivity contribution in [1.82, 2.24) is 5.32 Å². The predicted molar refractivity (Wildman–Crippen MR) is 105 cm³/mol. The zero-order valence-electron chi connectivity index (χ0n) is 14.9. The number of carbonyl (C=O) groups is 1. The molecule has 0 saturated heterocycles. The molecule has 0 aromatic heterocycles. The molecule has 0 fully saturated rings. The van der Waals surface area contributed by atoms with Crippen molar-refractivity contribution in [3.05, 3.63) is 89.5 Å². The first-order chi connectivity index (χ1) is 12.1. The van der Waals surface area contributed by atoms with E-state index in [1.165, 1.54) is 10.8 Å². The summed E-state index contributed by atoms with van der Waals surface area (Å²) in [4.78, 5) is 12.6. The fraction of sp³-hybridized carbons (Fsp3) is 0.174. The molecule has 3 aromatic rings. The van der Waals surface area contributed by atoms with Crippen LogP contribution >= 0.6 is 0 Å². The highest BCUT2D eigenvalue weighted by atomic mass is 16.1. The minimum atomic E-state index is -0.0457. The van der Waals surface area contributed by atoms with Crippen molar-refractivity contribution < 1.29 is 4.79 Å². The summed E-state index contributed by atoms with van der Waals surface area (Å²) in [5.41, 5.74) is 3.94. The van der Waals surface area contributed by atoms with E-state index >= 15 is 0 Å². The molecule has 2 heteroatoms. The second-order valence-corrected chi connectivity index (χ2v) is 6.42. The van der Waals surface area contributed by atoms with Gasteiger partial charge in [-0.3, -0.25) is 4.79 Å². The van der Waals surface area contributed by atoms with Gasteiger partial charge in [0.25, 0.3) is 0 Å². The summed E-state index contributed by atoms with van der Waals surface area (Å²) in [5, 5.41) is 5.51. The summed E-state index contributed by atoms with van der Waals surface area (Å²) in [5.74, 6) is -0.0259. The molecule has 0 unspecified atom stereocenters. The Morgan fingerprint density at radius 3 is 2.20 bits per heavy atom. The van der Waals surface area contributed by atoms with Gasteiger partial charge >= 0.3 is 0 Å². The lowest BCUT2D eigenvalue weighted by molar-refractivity contribution is -0.118. The predicted octanol–water partition coefficient (Wildman–Crippen LogP) is 5.51. The third-order valence-electron chi connectivity index (χ3n) is 4.73. The maximum absolute atomic E-state index is 12.6. The van der Waals surface area contributed by atoms with Gasteiger partial charge in [-0.05, 0) is 54.3 Å². The van der Waals surface area contributed by atoms with E-state index in [2.05, 4.69) is 35.6 Å². The van der Waals surface area contributed by atoms with Crippen LogP contribution in [0.15, 0.2) is 78.4 Å². The van der Waals surface area contributed by atoms with Crippen LogP contribution < -0.4 is 5.32 Å². The third-order valence-corrected chi connectivity index (χ3v) is 4.73. The summed E-state index contributed by atoms with van der Waals surface area (Å²) >= 11 is 0. The van der Waals surface area contributed by atoms with Crippen LogP contribution in [-0.4, -0.2) is 5.91 Å². The van der Waals surface area contributed by atoms with Gasteiger partial charge in [0.2, 0.25) is 5.91 Å². The first-order valence-corrected chi connectivity index (χ1v) is 8.58. The van der Waals surface area contributed by atoms with E-state index in [4.69, 9.17) is 0 Å². The van der Waals surface area contributed by atoms with Crippen molar-refractivity contribution in [2.45, 2.75) is 26.8 Å². The highest BCUT2D eigenvalue weighted by molar-refractivity contribution is 6.00. The second kappa shape index (κ2) is 7.35. The van der Waals surface area contributed by atoms with Crippen LogP contribution in [0.5, 0.6) is 0 Å².